The number of hydrogen-bond donors (Lipinski definition) is 0. The van der Waals surface area contributed by atoms with E-state index in [2.05, 4.69) is 31.0 Å². The number of benzene rings is 2. The van der Waals surface area contributed by atoms with E-state index >= 15 is 0 Å². The lowest BCUT2D eigenvalue weighted by Crippen LogP contribution is -1.96. The molecule has 4 aromatic rings. The summed E-state index contributed by atoms with van der Waals surface area (Å²) in [4.78, 5) is 9.16. The van der Waals surface area contributed by atoms with Crippen molar-refractivity contribution in [1.29, 1.82) is 0 Å². The van der Waals surface area contributed by atoms with Gasteiger partial charge < -0.3 is 0 Å². The van der Waals surface area contributed by atoms with Crippen molar-refractivity contribution in [2.24, 2.45) is 0 Å². The molecule has 4 rings (SSSR count). The first-order valence-corrected chi connectivity index (χ1v) is 10.2. The van der Waals surface area contributed by atoms with Crippen LogP contribution < -0.4 is 0 Å². The average molecular weight is 438 g/mol. The highest BCUT2D eigenvalue weighted by Crippen LogP contribution is 2.28. The second kappa shape index (κ2) is 5.76. The number of para-hydroxylation sites is 1. The fourth-order valence-corrected chi connectivity index (χ4v) is 3.83. The predicted octanol–water partition coefficient (Wildman–Crippen LogP) is 3.76. The molecule has 0 spiro atoms. The molecule has 126 valence electrons. The zero-order valence-electron chi connectivity index (χ0n) is 12.8. The van der Waals surface area contributed by atoms with Crippen LogP contribution in [-0.2, 0) is 9.84 Å². The molecule has 0 atom stereocenters. The van der Waals surface area contributed by atoms with Gasteiger partial charge in [0.25, 0.3) is 0 Å². The van der Waals surface area contributed by atoms with Gasteiger partial charge in [-0.2, -0.15) is 4.52 Å². The number of rotatable bonds is 2. The van der Waals surface area contributed by atoms with Crippen LogP contribution in [0.15, 0.2) is 51.8 Å². The molecule has 0 fully saturated rings. The summed E-state index contributed by atoms with van der Waals surface area (Å²) in [5.74, 6) is 0.441. The Labute approximate surface area is 156 Å². The minimum Gasteiger partial charge on any atom is -0.224 e. The van der Waals surface area contributed by atoms with Crippen molar-refractivity contribution in [3.8, 4) is 11.4 Å². The normalized spacial score (nSPS) is 12.1. The molecule has 25 heavy (non-hydrogen) atoms. The second-order valence-corrected chi connectivity index (χ2v) is 8.69. The van der Waals surface area contributed by atoms with Crippen LogP contribution >= 0.6 is 27.5 Å². The van der Waals surface area contributed by atoms with E-state index in [0.717, 1.165) is 9.86 Å². The van der Waals surface area contributed by atoms with Gasteiger partial charge in [-0.1, -0.05) is 6.07 Å². The summed E-state index contributed by atoms with van der Waals surface area (Å²) < 4.78 is 25.4. The third-order valence-corrected chi connectivity index (χ3v) is 5.77. The van der Waals surface area contributed by atoms with Crippen molar-refractivity contribution >= 4 is 53.9 Å². The summed E-state index contributed by atoms with van der Waals surface area (Å²) in [6.07, 6.45) is 1.17. The van der Waals surface area contributed by atoms with E-state index in [0.29, 0.717) is 22.6 Å². The monoisotopic (exact) mass is 436 g/mol. The Morgan fingerprint density at radius 3 is 2.48 bits per heavy atom. The van der Waals surface area contributed by atoms with Gasteiger partial charge in [0.2, 0.25) is 5.28 Å². The van der Waals surface area contributed by atoms with Crippen LogP contribution in [0.5, 0.6) is 0 Å². The molecule has 2 aromatic carbocycles. The highest BCUT2D eigenvalue weighted by molar-refractivity contribution is 9.10. The standard InChI is InChI=1S/C16H10BrClN4O2S/c1-25(23,24)10-7-5-9(6-8-10)14-20-15-11-3-2-4-12(17)13(11)19-16(18)22(15)21-14/h2-8H,1H3. The Bertz CT molecular complexity index is 1240. The smallest absolute Gasteiger partial charge is 0.224 e. The third-order valence-electron chi connectivity index (χ3n) is 3.75. The lowest BCUT2D eigenvalue weighted by Gasteiger charge is -2.02. The Balaban J connectivity index is 1.94. The highest BCUT2D eigenvalue weighted by atomic mass is 79.9. The largest absolute Gasteiger partial charge is 0.226 e. The Kier molecular flexibility index (Phi) is 3.78. The zero-order valence-corrected chi connectivity index (χ0v) is 16.0. The maximum atomic E-state index is 11.6. The van der Waals surface area contributed by atoms with Gasteiger partial charge in [0.15, 0.2) is 21.3 Å². The van der Waals surface area contributed by atoms with Crippen molar-refractivity contribution in [1.82, 2.24) is 19.6 Å². The first-order chi connectivity index (χ1) is 11.8. The summed E-state index contributed by atoms with van der Waals surface area (Å²) in [5.41, 5.74) is 1.97. The third kappa shape index (κ3) is 2.80. The van der Waals surface area contributed by atoms with Crippen LogP contribution in [0.25, 0.3) is 27.9 Å². The van der Waals surface area contributed by atoms with Gasteiger partial charge in [0, 0.05) is 21.7 Å². The number of hydrogen-bond acceptors (Lipinski definition) is 5. The SMILES string of the molecule is CS(=O)(=O)c1ccc(-c2nc3c4cccc(Br)c4nc(Cl)n3n2)cc1. The lowest BCUT2D eigenvalue weighted by molar-refractivity contribution is 0.602. The predicted molar refractivity (Wildman–Crippen MR) is 99.5 cm³/mol. The molecule has 9 heteroatoms. The van der Waals surface area contributed by atoms with E-state index in [4.69, 9.17) is 11.6 Å². The van der Waals surface area contributed by atoms with Gasteiger partial charge >= 0.3 is 0 Å². The molecule has 0 aliphatic carbocycles. The van der Waals surface area contributed by atoms with Gasteiger partial charge in [0.1, 0.15) is 0 Å². The molecule has 0 aliphatic heterocycles. The zero-order chi connectivity index (χ0) is 17.8. The molecular weight excluding hydrogens is 428 g/mol. The highest BCUT2D eigenvalue weighted by Gasteiger charge is 2.15. The average Bonchev–Trinajstić information content (AvgIpc) is 3.02. The van der Waals surface area contributed by atoms with Crippen LogP contribution in [0.1, 0.15) is 0 Å². The minimum atomic E-state index is -3.25. The molecule has 0 radical (unpaired) electrons. The van der Waals surface area contributed by atoms with E-state index in [1.165, 1.54) is 22.9 Å². The molecule has 0 unspecified atom stereocenters. The fourth-order valence-electron chi connectivity index (χ4n) is 2.54. The second-order valence-electron chi connectivity index (χ2n) is 5.48. The van der Waals surface area contributed by atoms with E-state index in [9.17, 15) is 8.42 Å². The molecule has 0 amide bonds. The molecule has 0 aliphatic rings. The molecular formula is C16H10BrClN4O2S. The number of aromatic nitrogens is 4. The molecule has 0 N–H and O–H groups in total. The molecule has 2 heterocycles. The van der Waals surface area contributed by atoms with Crippen LogP contribution in [0.4, 0.5) is 0 Å². The first kappa shape index (κ1) is 16.4. The summed E-state index contributed by atoms with van der Waals surface area (Å²) >= 11 is 9.70. The first-order valence-electron chi connectivity index (χ1n) is 7.15. The number of nitrogens with zero attached hydrogens (tertiary/aromatic N) is 4. The summed E-state index contributed by atoms with van der Waals surface area (Å²) in [6, 6.07) is 12.1. The van der Waals surface area contributed by atoms with E-state index < -0.39 is 9.84 Å². The van der Waals surface area contributed by atoms with Gasteiger partial charge in [0.05, 0.1) is 10.4 Å². The Hall–Kier alpha value is -2.03. The maximum absolute atomic E-state index is 11.6. The van der Waals surface area contributed by atoms with Gasteiger partial charge in [-0.05, 0) is 63.9 Å². The van der Waals surface area contributed by atoms with E-state index in [1.54, 1.807) is 12.1 Å². The lowest BCUT2D eigenvalue weighted by atomic mass is 10.2. The Morgan fingerprint density at radius 2 is 1.80 bits per heavy atom. The van der Waals surface area contributed by atoms with Crippen LogP contribution in [-0.4, -0.2) is 34.3 Å². The van der Waals surface area contributed by atoms with Crippen molar-refractivity contribution in [3.63, 3.8) is 0 Å². The van der Waals surface area contributed by atoms with Crippen LogP contribution in [0.2, 0.25) is 5.28 Å². The van der Waals surface area contributed by atoms with Crippen molar-refractivity contribution in [2.75, 3.05) is 6.26 Å². The van der Waals surface area contributed by atoms with Crippen LogP contribution in [0.3, 0.4) is 0 Å². The van der Waals surface area contributed by atoms with Crippen LogP contribution in [0, 0.1) is 0 Å². The fraction of sp³-hybridized carbons (Fsp3) is 0.0625. The van der Waals surface area contributed by atoms with Gasteiger partial charge in [-0.25, -0.2) is 18.4 Å². The molecule has 2 aromatic heterocycles. The number of sulfone groups is 1. The van der Waals surface area contributed by atoms with Crippen molar-refractivity contribution in [3.05, 3.63) is 52.2 Å². The Morgan fingerprint density at radius 1 is 1.08 bits per heavy atom. The molecule has 0 bridgehead atoms. The summed E-state index contributed by atoms with van der Waals surface area (Å²) in [5, 5.41) is 5.41. The number of fused-ring (bicyclic) bond motifs is 3. The summed E-state index contributed by atoms with van der Waals surface area (Å²) in [6.45, 7) is 0. The topological polar surface area (TPSA) is 77.2 Å². The summed E-state index contributed by atoms with van der Waals surface area (Å²) in [7, 11) is -3.25. The van der Waals surface area contributed by atoms with Crippen molar-refractivity contribution in [2.45, 2.75) is 4.90 Å². The molecule has 0 saturated carbocycles. The quantitative estimate of drug-likeness (QED) is 0.446. The van der Waals surface area contributed by atoms with E-state index in [1.807, 2.05) is 18.2 Å². The maximum Gasteiger partial charge on any atom is 0.226 e. The van der Waals surface area contributed by atoms with Gasteiger partial charge in [-0.15, -0.1) is 5.10 Å². The van der Waals surface area contributed by atoms with Crippen molar-refractivity contribution < 1.29 is 8.42 Å². The van der Waals surface area contributed by atoms with Gasteiger partial charge in [-0.3, -0.25) is 0 Å². The minimum absolute atomic E-state index is 0.195. The molecule has 6 nitrogen and oxygen atoms in total. The molecule has 0 saturated heterocycles. The van der Waals surface area contributed by atoms with E-state index in [-0.39, 0.29) is 10.2 Å². The number of halogens is 2.